The molecule has 0 bridgehead atoms. The third-order valence-corrected chi connectivity index (χ3v) is 7.14. The number of sulfonamides is 2. The fraction of sp³-hybridized carbons (Fsp3) is 1.00. The zero-order chi connectivity index (χ0) is 22.2. The van der Waals surface area contributed by atoms with Crippen LogP contribution in [0.15, 0.2) is 0 Å². The van der Waals surface area contributed by atoms with Gasteiger partial charge in [-0.25, -0.2) is 16.8 Å². The van der Waals surface area contributed by atoms with Gasteiger partial charge in [0, 0.05) is 13.0 Å². The lowest BCUT2D eigenvalue weighted by atomic mass is 9.96. The summed E-state index contributed by atoms with van der Waals surface area (Å²) in [6, 6.07) is -0.438. The first-order valence-electron chi connectivity index (χ1n) is 7.75. The van der Waals surface area contributed by atoms with Crippen LogP contribution in [0.25, 0.3) is 4.13 Å². The molecule has 28 heavy (non-hydrogen) atoms. The first-order chi connectivity index (χ1) is 12.3. The number of nitrogens with zero attached hydrogens (tertiary/aromatic N) is 1. The van der Waals surface area contributed by atoms with E-state index in [1.54, 1.807) is 4.13 Å². The van der Waals surface area contributed by atoms with Crippen LogP contribution in [0, 0.1) is 0 Å². The molecule has 0 radical (unpaired) electrons. The summed E-state index contributed by atoms with van der Waals surface area (Å²) in [4.78, 5) is 0. The number of alkyl halides is 8. The lowest BCUT2D eigenvalue weighted by Gasteiger charge is -2.37. The van der Waals surface area contributed by atoms with E-state index in [0.29, 0.717) is 25.7 Å². The number of hydrogen-bond acceptors (Lipinski definition) is 5. The number of rotatable bonds is 9. The molecule has 0 aliphatic heterocycles. The predicted molar refractivity (Wildman–Crippen MR) is 81.5 cm³/mol. The summed E-state index contributed by atoms with van der Waals surface area (Å²) in [5.41, 5.74) is 0. The summed E-state index contributed by atoms with van der Waals surface area (Å²) in [5, 5.41) is -4.65. The Morgan fingerprint density at radius 1 is 0.857 bits per heavy atom. The van der Waals surface area contributed by atoms with E-state index in [-0.39, 0.29) is 0 Å². The second kappa shape index (κ2) is 7.83. The van der Waals surface area contributed by atoms with Gasteiger partial charge in [-0.05, 0) is 12.8 Å². The highest BCUT2D eigenvalue weighted by molar-refractivity contribution is 8.12. The molecule has 0 aromatic rings. The van der Waals surface area contributed by atoms with Crippen molar-refractivity contribution in [3.63, 3.8) is 0 Å². The Balaban J connectivity index is 3.05. The SMILES string of the molecule is CC(F)(F)C(F)(F)C(F)(F)C(F)(F)S(=O)(=O)[N-]S(=O)(=O)CNC1CCCCC1. The molecule has 1 rings (SSSR count). The summed E-state index contributed by atoms with van der Waals surface area (Å²) in [5.74, 6) is -21.1. The molecule has 16 heteroatoms. The third-order valence-electron chi connectivity index (χ3n) is 4.01. The molecule has 0 atom stereocenters. The van der Waals surface area contributed by atoms with Gasteiger partial charge in [0.1, 0.15) is 0 Å². The Bertz CT molecular complexity index is 759. The molecule has 6 nitrogen and oxygen atoms in total. The van der Waals surface area contributed by atoms with Gasteiger partial charge < -0.3 is 9.44 Å². The number of hydrogen-bond donors (Lipinski definition) is 1. The van der Waals surface area contributed by atoms with E-state index in [9.17, 15) is 52.0 Å². The lowest BCUT2D eigenvalue weighted by Crippen LogP contribution is -2.63. The Labute approximate surface area is 156 Å². The Morgan fingerprint density at radius 2 is 1.32 bits per heavy atom. The zero-order valence-electron chi connectivity index (χ0n) is 14.2. The van der Waals surface area contributed by atoms with Crippen molar-refractivity contribution >= 4 is 20.0 Å². The standard InChI is InChI=1S/C12H17F8N2O4S2/c1-9(13,14)10(15,16)11(17,18)12(19,20)28(25,26)22-27(23,24)7-21-8-5-3-2-4-6-8/h8,21H,2-7H2,1H3/q-1. The van der Waals surface area contributed by atoms with Gasteiger partial charge in [-0.3, -0.25) is 0 Å². The van der Waals surface area contributed by atoms with Gasteiger partial charge in [-0.15, -0.1) is 0 Å². The highest BCUT2D eigenvalue weighted by Crippen LogP contribution is 2.55. The van der Waals surface area contributed by atoms with E-state index >= 15 is 0 Å². The normalized spacial score (nSPS) is 19.0. The summed E-state index contributed by atoms with van der Waals surface area (Å²) in [7, 11) is -12.6. The summed E-state index contributed by atoms with van der Waals surface area (Å²) in [6.45, 7) is -0.828. The molecule has 168 valence electrons. The van der Waals surface area contributed by atoms with Crippen molar-refractivity contribution < 1.29 is 52.0 Å². The van der Waals surface area contributed by atoms with Gasteiger partial charge >= 0.3 is 23.0 Å². The van der Waals surface area contributed by atoms with E-state index < -0.39 is 61.9 Å². The Kier molecular flexibility index (Phi) is 7.07. The van der Waals surface area contributed by atoms with Crippen molar-refractivity contribution in [1.29, 1.82) is 0 Å². The van der Waals surface area contributed by atoms with Crippen LogP contribution in [0.4, 0.5) is 35.1 Å². The van der Waals surface area contributed by atoms with Crippen LogP contribution in [0.5, 0.6) is 0 Å². The maximum Gasteiger partial charge on any atom is 0.398 e. The molecule has 1 N–H and O–H groups in total. The first kappa shape index (κ1) is 25.3. The third kappa shape index (κ3) is 4.87. The topological polar surface area (TPSA) is 94.4 Å². The molecule has 1 saturated carbocycles. The summed E-state index contributed by atoms with van der Waals surface area (Å²) in [6.07, 6.45) is 3.17. The molecule has 0 unspecified atom stereocenters. The largest absolute Gasteiger partial charge is 0.430 e. The van der Waals surface area contributed by atoms with Crippen molar-refractivity contribution in [2.24, 2.45) is 0 Å². The lowest BCUT2D eigenvalue weighted by molar-refractivity contribution is -0.342. The maximum atomic E-state index is 13.6. The first-order valence-corrected chi connectivity index (χ1v) is 10.8. The van der Waals surface area contributed by atoms with E-state index in [2.05, 4.69) is 5.32 Å². The molecule has 0 heterocycles. The minimum Gasteiger partial charge on any atom is -0.430 e. The minimum absolute atomic E-state index is 0.438. The quantitative estimate of drug-likeness (QED) is 0.523. The Hall–Kier alpha value is -0.740. The van der Waals surface area contributed by atoms with Crippen molar-refractivity contribution in [2.45, 2.75) is 68.1 Å². The molecule has 1 aliphatic carbocycles. The summed E-state index contributed by atoms with van der Waals surface area (Å²) >= 11 is 0. The molecule has 0 aromatic heterocycles. The van der Waals surface area contributed by atoms with Crippen LogP contribution in [0.1, 0.15) is 39.0 Å². The predicted octanol–water partition coefficient (Wildman–Crippen LogP) is 3.42. The second-order valence-corrected chi connectivity index (χ2v) is 9.88. The number of halogens is 8. The molecule has 0 saturated heterocycles. The monoisotopic (exact) mass is 469 g/mol. The molecular weight excluding hydrogens is 452 g/mol. The fourth-order valence-corrected chi connectivity index (χ4v) is 5.05. The van der Waals surface area contributed by atoms with Gasteiger partial charge in [0.15, 0.2) is 10.0 Å². The van der Waals surface area contributed by atoms with Crippen molar-refractivity contribution in [1.82, 2.24) is 5.32 Å². The van der Waals surface area contributed by atoms with Crippen molar-refractivity contribution in [3.8, 4) is 0 Å². The summed E-state index contributed by atoms with van der Waals surface area (Å²) < 4.78 is 153. The van der Waals surface area contributed by atoms with Crippen molar-refractivity contribution in [3.05, 3.63) is 4.13 Å². The molecule has 0 aromatic carbocycles. The maximum absolute atomic E-state index is 13.6. The van der Waals surface area contributed by atoms with Gasteiger partial charge in [0.25, 0.3) is 0 Å². The second-order valence-electron chi connectivity index (χ2n) is 6.37. The van der Waals surface area contributed by atoms with Gasteiger partial charge in [0.2, 0.25) is 0 Å². The highest BCUT2D eigenvalue weighted by atomic mass is 32.3. The smallest absolute Gasteiger partial charge is 0.398 e. The van der Waals surface area contributed by atoms with E-state index in [0.717, 1.165) is 6.42 Å². The van der Waals surface area contributed by atoms with E-state index in [1.807, 2.05) is 0 Å². The van der Waals surface area contributed by atoms with Crippen LogP contribution in [-0.2, 0) is 20.0 Å². The molecule has 0 spiro atoms. The van der Waals surface area contributed by atoms with E-state index in [1.165, 1.54) is 0 Å². The van der Waals surface area contributed by atoms with E-state index in [4.69, 9.17) is 0 Å². The van der Waals surface area contributed by atoms with Crippen LogP contribution < -0.4 is 5.32 Å². The fourth-order valence-electron chi connectivity index (χ4n) is 2.37. The van der Waals surface area contributed by atoms with Crippen LogP contribution in [0.2, 0.25) is 0 Å². The molecule has 1 aliphatic rings. The number of nitrogens with one attached hydrogen (secondary N) is 1. The van der Waals surface area contributed by atoms with Crippen LogP contribution in [0.3, 0.4) is 0 Å². The van der Waals surface area contributed by atoms with Crippen molar-refractivity contribution in [2.75, 3.05) is 5.88 Å². The van der Waals surface area contributed by atoms with Gasteiger partial charge in [-0.1, -0.05) is 19.3 Å². The molecule has 1 fully saturated rings. The molecule has 0 amide bonds. The van der Waals surface area contributed by atoms with Gasteiger partial charge in [0.05, 0.1) is 15.9 Å². The molecular formula is C12H17F8N2O4S2-. The van der Waals surface area contributed by atoms with Crippen LogP contribution in [-0.4, -0.2) is 51.8 Å². The average Bonchev–Trinajstić information content (AvgIpc) is 2.51. The Morgan fingerprint density at radius 3 is 1.75 bits per heavy atom. The van der Waals surface area contributed by atoms with Gasteiger partial charge in [-0.2, -0.15) is 35.1 Å². The zero-order valence-corrected chi connectivity index (χ0v) is 15.9. The minimum atomic E-state index is -7.17. The average molecular weight is 469 g/mol. The van der Waals surface area contributed by atoms with Crippen LogP contribution >= 0.6 is 0 Å². The highest BCUT2D eigenvalue weighted by Gasteiger charge is 2.81.